The van der Waals surface area contributed by atoms with Crippen LogP contribution in [0.1, 0.15) is 46.5 Å². The number of nitrogens with one attached hydrogen (secondary N) is 5. The Morgan fingerprint density at radius 2 is 1.59 bits per heavy atom. The van der Waals surface area contributed by atoms with Crippen LogP contribution in [0, 0.1) is 5.92 Å². The summed E-state index contributed by atoms with van der Waals surface area (Å²) in [5, 5.41) is 22.1. The molecule has 0 rings (SSSR count). The fourth-order valence-electron chi connectivity index (χ4n) is 2.92. The minimum absolute atomic E-state index is 0.223. The predicted molar refractivity (Wildman–Crippen MR) is 128 cm³/mol. The molecule has 12 heteroatoms. The van der Waals surface area contributed by atoms with Crippen LogP contribution in [0.25, 0.3) is 0 Å². The molecule has 0 spiro atoms. The second-order valence-electron chi connectivity index (χ2n) is 8.07. The molecule has 5 unspecified atom stereocenters. The van der Waals surface area contributed by atoms with Crippen LogP contribution >= 0.6 is 0 Å². The number of rotatable bonds is 17. The summed E-state index contributed by atoms with van der Waals surface area (Å²) in [6, 6.07) is -3.97. The van der Waals surface area contributed by atoms with Crippen molar-refractivity contribution in [2.75, 3.05) is 20.1 Å². The van der Waals surface area contributed by atoms with E-state index in [1.54, 1.807) is 20.9 Å². The molecule has 0 heterocycles. The van der Waals surface area contributed by atoms with Crippen LogP contribution in [0.3, 0.4) is 0 Å². The van der Waals surface area contributed by atoms with Crippen LogP contribution in [-0.2, 0) is 24.0 Å². The maximum atomic E-state index is 13.1. The summed E-state index contributed by atoms with van der Waals surface area (Å²) >= 11 is 0. The zero-order chi connectivity index (χ0) is 26.3. The molecule has 0 aromatic carbocycles. The summed E-state index contributed by atoms with van der Waals surface area (Å²) in [6.07, 6.45) is 2.15. The van der Waals surface area contributed by atoms with E-state index in [0.717, 1.165) is 0 Å². The van der Waals surface area contributed by atoms with Crippen molar-refractivity contribution >= 4 is 29.6 Å². The Kier molecular flexibility index (Phi) is 15.1. The van der Waals surface area contributed by atoms with Crippen LogP contribution < -0.4 is 32.3 Å². The monoisotopic (exact) mass is 484 g/mol. The lowest BCUT2D eigenvalue weighted by Crippen LogP contribution is -2.59. The maximum Gasteiger partial charge on any atom is 0.305 e. The molecule has 0 aromatic heterocycles. The number of hydrogen-bond acceptors (Lipinski definition) is 7. The molecular weight excluding hydrogens is 444 g/mol. The molecule has 34 heavy (non-hydrogen) atoms. The van der Waals surface area contributed by atoms with Gasteiger partial charge < -0.3 is 37.4 Å². The van der Waals surface area contributed by atoms with Crippen molar-refractivity contribution in [3.05, 3.63) is 12.7 Å². The average molecular weight is 485 g/mol. The molecule has 0 aromatic rings. The summed E-state index contributed by atoms with van der Waals surface area (Å²) in [5.41, 5.74) is 5.54. The van der Waals surface area contributed by atoms with Gasteiger partial charge in [-0.3, -0.25) is 24.0 Å². The number of carboxylic acid groups (broad SMARTS) is 1. The molecule has 0 fully saturated rings. The highest BCUT2D eigenvalue weighted by molar-refractivity contribution is 5.96. The highest BCUT2D eigenvalue weighted by atomic mass is 16.4. The van der Waals surface area contributed by atoms with Crippen molar-refractivity contribution in [2.24, 2.45) is 11.7 Å². The first-order valence-corrected chi connectivity index (χ1v) is 11.4. The molecule has 4 amide bonds. The minimum Gasteiger partial charge on any atom is -0.481 e. The lowest BCUT2D eigenvalue weighted by molar-refractivity contribution is -0.141. The quantitative estimate of drug-likeness (QED) is 0.123. The first-order chi connectivity index (χ1) is 16.0. The Balaban J connectivity index is 5.62. The van der Waals surface area contributed by atoms with Gasteiger partial charge in [-0.1, -0.05) is 26.3 Å². The zero-order valence-corrected chi connectivity index (χ0v) is 20.5. The maximum absolute atomic E-state index is 13.1. The van der Waals surface area contributed by atoms with Gasteiger partial charge in [-0.2, -0.15) is 0 Å². The number of carboxylic acids is 1. The molecule has 12 nitrogen and oxygen atoms in total. The first-order valence-electron chi connectivity index (χ1n) is 11.4. The topological polar surface area (TPSA) is 192 Å². The smallest absolute Gasteiger partial charge is 0.305 e. The van der Waals surface area contributed by atoms with E-state index in [0.29, 0.717) is 25.8 Å². The van der Waals surface area contributed by atoms with E-state index in [2.05, 4.69) is 33.2 Å². The van der Waals surface area contributed by atoms with Crippen molar-refractivity contribution in [2.45, 2.75) is 70.6 Å². The number of hydrogen-bond donors (Lipinski definition) is 7. The van der Waals surface area contributed by atoms with E-state index in [-0.39, 0.29) is 12.5 Å². The van der Waals surface area contributed by atoms with E-state index >= 15 is 0 Å². The van der Waals surface area contributed by atoms with E-state index < -0.39 is 60.2 Å². The summed E-state index contributed by atoms with van der Waals surface area (Å²) in [6.45, 7) is 9.21. The first kappa shape index (κ1) is 31.0. The molecule has 0 saturated heterocycles. The molecule has 5 atom stereocenters. The van der Waals surface area contributed by atoms with Gasteiger partial charge in [-0.05, 0) is 39.3 Å². The lowest BCUT2D eigenvalue weighted by Gasteiger charge is -2.28. The van der Waals surface area contributed by atoms with Crippen molar-refractivity contribution in [1.82, 2.24) is 26.6 Å². The number of aliphatic carboxylic acids is 1. The summed E-state index contributed by atoms with van der Waals surface area (Å²) in [5.74, 6) is -4.01. The lowest BCUT2D eigenvalue weighted by atomic mass is 9.97. The van der Waals surface area contributed by atoms with Gasteiger partial charge in [0.1, 0.15) is 18.1 Å². The molecular formula is C22H40N6O6. The molecule has 194 valence electrons. The van der Waals surface area contributed by atoms with Crippen molar-refractivity contribution in [3.63, 3.8) is 0 Å². The van der Waals surface area contributed by atoms with Crippen LogP contribution in [0.4, 0.5) is 0 Å². The number of nitrogens with two attached hydrogens (primary N) is 1. The van der Waals surface area contributed by atoms with Crippen molar-refractivity contribution < 1.29 is 29.1 Å². The van der Waals surface area contributed by atoms with Gasteiger partial charge in [-0.15, -0.1) is 6.58 Å². The number of amides is 4. The van der Waals surface area contributed by atoms with Gasteiger partial charge in [-0.25, -0.2) is 0 Å². The van der Waals surface area contributed by atoms with Gasteiger partial charge in [0, 0.05) is 6.54 Å². The second kappa shape index (κ2) is 16.6. The number of carbonyl (C=O) groups is 5. The van der Waals surface area contributed by atoms with Crippen LogP contribution in [0.15, 0.2) is 12.7 Å². The summed E-state index contributed by atoms with van der Waals surface area (Å²) < 4.78 is 0. The highest BCUT2D eigenvalue weighted by Crippen LogP contribution is 2.10. The highest BCUT2D eigenvalue weighted by Gasteiger charge is 2.33. The predicted octanol–water partition coefficient (Wildman–Crippen LogP) is -1.39. The zero-order valence-electron chi connectivity index (χ0n) is 20.5. The number of carbonyl (C=O) groups excluding carboxylic acids is 4. The normalized spacial score (nSPS) is 15.1. The third kappa shape index (κ3) is 11.2. The summed E-state index contributed by atoms with van der Waals surface area (Å²) in [4.78, 5) is 61.9. The summed E-state index contributed by atoms with van der Waals surface area (Å²) in [7, 11) is 1.55. The Morgan fingerprint density at radius 3 is 2.09 bits per heavy atom. The molecule has 0 aliphatic heterocycles. The molecule has 0 radical (unpaired) electrons. The van der Waals surface area contributed by atoms with Crippen LogP contribution in [0.5, 0.6) is 0 Å². The van der Waals surface area contributed by atoms with Crippen LogP contribution in [-0.4, -0.2) is 79.0 Å². The molecule has 0 bridgehead atoms. The van der Waals surface area contributed by atoms with Gasteiger partial charge in [0.2, 0.25) is 23.6 Å². The average Bonchev–Trinajstić information content (AvgIpc) is 2.81. The molecule has 0 aliphatic carbocycles. The molecule has 8 N–H and O–H groups in total. The Bertz CT molecular complexity index is 716. The Hall–Kier alpha value is -2.99. The van der Waals surface area contributed by atoms with E-state index in [4.69, 9.17) is 5.73 Å². The largest absolute Gasteiger partial charge is 0.481 e. The standard InChI is InChI=1S/C22H40N6O6/c1-6-11-25-20(32)15(9-8-10-23)26-22(34)18(13(3)7-2)28-21(33)16(12-17(29)30)27-19(31)14(4)24-5/h6,13-16,18,24H,1,7-12,23H2,2-5H3,(H,25,32)(H,26,34)(H,27,31)(H,28,33)(H,29,30). The molecule has 0 saturated carbocycles. The van der Waals surface area contributed by atoms with E-state index in [9.17, 15) is 29.1 Å². The SMILES string of the molecule is C=CCNC(=O)C(CCCN)NC(=O)C(NC(=O)C(CC(=O)O)NC(=O)C(C)NC)C(C)CC. The third-order valence-corrected chi connectivity index (χ3v) is 5.38. The van der Waals surface area contributed by atoms with Gasteiger partial charge in [0.05, 0.1) is 12.5 Å². The minimum atomic E-state index is -1.39. The van der Waals surface area contributed by atoms with E-state index in [1.165, 1.54) is 6.08 Å². The van der Waals surface area contributed by atoms with Crippen molar-refractivity contribution in [3.8, 4) is 0 Å². The van der Waals surface area contributed by atoms with Gasteiger partial charge in [0.15, 0.2) is 0 Å². The van der Waals surface area contributed by atoms with Crippen molar-refractivity contribution in [1.29, 1.82) is 0 Å². The Morgan fingerprint density at radius 1 is 0.971 bits per heavy atom. The third-order valence-electron chi connectivity index (χ3n) is 5.38. The van der Waals surface area contributed by atoms with Gasteiger partial charge >= 0.3 is 5.97 Å². The Labute approximate surface area is 200 Å². The molecule has 0 aliphatic rings. The number of likely N-dealkylation sites (N-methyl/N-ethyl adjacent to an activating group) is 1. The fourth-order valence-corrected chi connectivity index (χ4v) is 2.92. The fraction of sp³-hybridized carbons (Fsp3) is 0.682. The second-order valence-corrected chi connectivity index (χ2v) is 8.07. The van der Waals surface area contributed by atoms with Crippen LogP contribution in [0.2, 0.25) is 0 Å². The van der Waals surface area contributed by atoms with Gasteiger partial charge in [0.25, 0.3) is 0 Å². The van der Waals surface area contributed by atoms with E-state index in [1.807, 2.05) is 6.92 Å².